The molecule has 0 fully saturated rings. The van der Waals surface area contributed by atoms with E-state index in [-0.39, 0.29) is 19.1 Å². The van der Waals surface area contributed by atoms with Crippen LogP contribution in [-0.2, 0) is 18.4 Å². The Morgan fingerprint density at radius 2 is 0.800 bits per heavy atom. The Bertz CT molecular complexity index is 1590. The molecule has 75 heavy (non-hydrogen) atoms. The van der Waals surface area contributed by atoms with Gasteiger partial charge in [-0.15, -0.1) is 0 Å². The molecule has 0 aliphatic rings. The van der Waals surface area contributed by atoms with Crippen molar-refractivity contribution in [2.45, 2.75) is 264 Å². The second-order valence-corrected chi connectivity index (χ2v) is 23.2. The Hall–Kier alpha value is -2.84. The fourth-order valence-electron chi connectivity index (χ4n) is 8.47. The van der Waals surface area contributed by atoms with E-state index in [2.05, 4.69) is 116 Å². The van der Waals surface area contributed by atoms with Crippen LogP contribution in [0.1, 0.15) is 251 Å². The maximum Gasteiger partial charge on any atom is 0.472 e. The van der Waals surface area contributed by atoms with Crippen LogP contribution in [0.15, 0.2) is 109 Å². The third kappa shape index (κ3) is 58.7. The van der Waals surface area contributed by atoms with Gasteiger partial charge >= 0.3 is 7.82 Å². The van der Waals surface area contributed by atoms with Gasteiger partial charge in [-0.1, -0.05) is 271 Å². The molecule has 0 saturated heterocycles. The minimum Gasteiger partial charge on any atom is -0.387 e. The van der Waals surface area contributed by atoms with E-state index in [4.69, 9.17) is 9.05 Å². The van der Waals surface area contributed by atoms with Crippen LogP contribution in [0.2, 0.25) is 0 Å². The van der Waals surface area contributed by atoms with Gasteiger partial charge in [-0.3, -0.25) is 13.8 Å². The van der Waals surface area contributed by atoms with Crippen molar-refractivity contribution in [1.82, 2.24) is 5.32 Å². The molecule has 3 unspecified atom stereocenters. The van der Waals surface area contributed by atoms with Gasteiger partial charge in [0.25, 0.3) is 0 Å². The van der Waals surface area contributed by atoms with E-state index in [1.807, 2.05) is 27.2 Å². The van der Waals surface area contributed by atoms with Crippen LogP contribution < -0.4 is 5.32 Å². The van der Waals surface area contributed by atoms with Gasteiger partial charge in [0.05, 0.1) is 39.9 Å². The second-order valence-electron chi connectivity index (χ2n) is 21.7. The maximum atomic E-state index is 13.0. The normalized spacial score (nSPS) is 14.6. The number of phosphoric acid groups is 1. The van der Waals surface area contributed by atoms with Gasteiger partial charge in [0.2, 0.25) is 5.91 Å². The zero-order valence-corrected chi connectivity index (χ0v) is 50.1. The average molecular weight is 1070 g/mol. The first-order valence-electron chi connectivity index (χ1n) is 30.8. The van der Waals surface area contributed by atoms with Crippen molar-refractivity contribution >= 4 is 13.7 Å². The summed E-state index contributed by atoms with van der Waals surface area (Å²) in [6.45, 7) is 4.70. The Balaban J connectivity index is 4.22. The molecule has 8 nitrogen and oxygen atoms in total. The molecule has 432 valence electrons. The van der Waals surface area contributed by atoms with Crippen LogP contribution in [-0.4, -0.2) is 73.4 Å². The van der Waals surface area contributed by atoms with E-state index < -0.39 is 20.0 Å². The standard InChI is InChI=1S/C66H117N2O6P/c1-6-8-10-12-14-16-18-20-22-24-26-28-29-30-31-32-33-34-35-36-37-38-39-40-42-44-46-48-50-52-54-56-58-60-66(70)67-64(63-74-75(71,72)73-62-61-68(3,4)5)65(69)59-57-55-53-51-49-47-45-43-41-27-25-23-21-19-17-15-13-11-9-7-2/h8,10,14,16,20,22,26,28,30-31,33-34,36-37,39-40,57,59,64-65,69H,6-7,9,11-13,15,17-19,21,23-25,27,29,32,35,38,41-56,58,60-63H2,1-5H3,(H-,67,70,71,72)/p+1/b10-8-,16-14-,22-20-,28-26-,31-30-,34-33-,37-36-,40-39-,59-57+. The molecule has 0 aliphatic heterocycles. The number of carbonyl (C=O) groups is 1. The molecule has 0 aliphatic carbocycles. The highest BCUT2D eigenvalue weighted by Crippen LogP contribution is 2.43. The Morgan fingerprint density at radius 1 is 0.467 bits per heavy atom. The van der Waals surface area contributed by atoms with Crippen LogP contribution in [0, 0.1) is 0 Å². The third-order valence-electron chi connectivity index (χ3n) is 13.2. The van der Waals surface area contributed by atoms with E-state index in [9.17, 15) is 19.4 Å². The largest absolute Gasteiger partial charge is 0.472 e. The Labute approximate surface area is 463 Å². The molecule has 0 rings (SSSR count). The molecule has 9 heteroatoms. The van der Waals surface area contributed by atoms with Gasteiger partial charge in [0.1, 0.15) is 13.2 Å². The van der Waals surface area contributed by atoms with Crippen molar-refractivity contribution in [3.05, 3.63) is 109 Å². The van der Waals surface area contributed by atoms with Crippen molar-refractivity contribution in [2.75, 3.05) is 40.9 Å². The summed E-state index contributed by atoms with van der Waals surface area (Å²) in [4.78, 5) is 23.3. The Kier molecular flexibility index (Phi) is 53.8. The summed E-state index contributed by atoms with van der Waals surface area (Å²) in [7, 11) is 1.56. The second kappa shape index (κ2) is 55.9. The van der Waals surface area contributed by atoms with Crippen LogP contribution in [0.4, 0.5) is 0 Å². The first-order chi connectivity index (χ1) is 36.5. The number of allylic oxidation sites excluding steroid dienone is 17. The predicted octanol–water partition coefficient (Wildman–Crippen LogP) is 19.2. The van der Waals surface area contributed by atoms with Gasteiger partial charge in [0, 0.05) is 6.42 Å². The number of hydrogen-bond donors (Lipinski definition) is 3. The summed E-state index contributed by atoms with van der Waals surface area (Å²) < 4.78 is 23.7. The van der Waals surface area contributed by atoms with E-state index in [1.54, 1.807) is 6.08 Å². The zero-order chi connectivity index (χ0) is 54.9. The summed E-state index contributed by atoms with van der Waals surface area (Å²) in [5, 5.41) is 14.0. The number of carbonyl (C=O) groups excluding carboxylic acids is 1. The zero-order valence-electron chi connectivity index (χ0n) is 49.3. The summed E-state index contributed by atoms with van der Waals surface area (Å²) in [6.07, 6.45) is 81.9. The highest BCUT2D eigenvalue weighted by Gasteiger charge is 2.27. The number of rotatable bonds is 55. The molecule has 0 spiro atoms. The van der Waals surface area contributed by atoms with E-state index in [1.165, 1.54) is 135 Å². The number of nitrogens with one attached hydrogen (secondary N) is 1. The quantitative estimate of drug-likeness (QED) is 0.0243. The molecule has 0 aromatic heterocycles. The van der Waals surface area contributed by atoms with E-state index >= 15 is 0 Å². The summed E-state index contributed by atoms with van der Waals surface area (Å²) >= 11 is 0. The smallest absolute Gasteiger partial charge is 0.387 e. The lowest BCUT2D eigenvalue weighted by Gasteiger charge is -2.25. The van der Waals surface area contributed by atoms with E-state index in [0.29, 0.717) is 17.4 Å². The predicted molar refractivity (Wildman–Crippen MR) is 327 cm³/mol. The molecule has 3 atom stereocenters. The number of nitrogens with zero attached hydrogens (tertiary/aromatic N) is 1. The fourth-order valence-corrected chi connectivity index (χ4v) is 9.21. The van der Waals surface area contributed by atoms with Gasteiger partial charge in [-0.2, -0.15) is 0 Å². The number of likely N-dealkylation sites (N-methyl/N-ethyl adjacent to an activating group) is 1. The monoisotopic (exact) mass is 1070 g/mol. The van der Waals surface area contributed by atoms with Crippen LogP contribution in [0.5, 0.6) is 0 Å². The van der Waals surface area contributed by atoms with Gasteiger partial charge < -0.3 is 19.8 Å². The van der Waals surface area contributed by atoms with Gasteiger partial charge in [-0.25, -0.2) is 4.57 Å². The van der Waals surface area contributed by atoms with Crippen LogP contribution in [0.25, 0.3) is 0 Å². The van der Waals surface area contributed by atoms with Crippen LogP contribution >= 0.6 is 7.82 Å². The van der Waals surface area contributed by atoms with Crippen molar-refractivity contribution in [1.29, 1.82) is 0 Å². The molecule has 0 heterocycles. The fraction of sp³-hybridized carbons (Fsp3) is 0.712. The lowest BCUT2D eigenvalue weighted by Crippen LogP contribution is -2.45. The number of amides is 1. The lowest BCUT2D eigenvalue weighted by atomic mass is 10.0. The first kappa shape index (κ1) is 72.2. The number of phosphoric ester groups is 1. The number of quaternary nitrogens is 1. The number of aliphatic hydroxyl groups excluding tert-OH is 1. The molecule has 1 amide bonds. The SMILES string of the molecule is CC/C=C\C/C=C\C/C=C\C/C=C\C/C=C\C/C=C\C/C=C\C/C=C\CCCCCCCCCCC(=O)NC(COP(=O)(O)OCC[N+](C)(C)C)C(O)/C=C/CCCCCCCCCCCCCCCCCCCC. The lowest BCUT2D eigenvalue weighted by molar-refractivity contribution is -0.870. The highest BCUT2D eigenvalue weighted by molar-refractivity contribution is 7.47. The molecule has 3 N–H and O–H groups in total. The van der Waals surface area contributed by atoms with Crippen molar-refractivity contribution in [3.8, 4) is 0 Å². The summed E-state index contributed by atoms with van der Waals surface area (Å²) in [5.74, 6) is -0.188. The topological polar surface area (TPSA) is 105 Å². The molecular weight excluding hydrogens is 948 g/mol. The van der Waals surface area contributed by atoms with Gasteiger partial charge in [-0.05, 0) is 83.5 Å². The first-order valence-corrected chi connectivity index (χ1v) is 32.3. The molecule has 0 saturated carbocycles. The van der Waals surface area contributed by atoms with E-state index in [0.717, 1.165) is 96.3 Å². The van der Waals surface area contributed by atoms with Crippen molar-refractivity contribution in [2.24, 2.45) is 0 Å². The number of aliphatic hydroxyl groups is 1. The number of unbranched alkanes of at least 4 members (excludes halogenated alkanes) is 26. The van der Waals surface area contributed by atoms with Crippen molar-refractivity contribution in [3.63, 3.8) is 0 Å². The minimum absolute atomic E-state index is 0.0548. The van der Waals surface area contributed by atoms with Crippen LogP contribution in [0.3, 0.4) is 0 Å². The number of hydrogen-bond acceptors (Lipinski definition) is 5. The maximum absolute atomic E-state index is 13.0. The highest BCUT2D eigenvalue weighted by atomic mass is 31.2. The minimum atomic E-state index is -4.36. The molecular formula is C66H118N2O6P+. The average Bonchev–Trinajstić information content (AvgIpc) is 3.37. The molecule has 0 radical (unpaired) electrons. The third-order valence-corrected chi connectivity index (χ3v) is 14.2. The summed E-state index contributed by atoms with van der Waals surface area (Å²) in [6, 6.07) is -0.859. The molecule has 0 aromatic rings. The molecule has 0 aromatic carbocycles. The molecule has 0 bridgehead atoms. The van der Waals surface area contributed by atoms with Crippen molar-refractivity contribution < 1.29 is 32.9 Å². The van der Waals surface area contributed by atoms with Gasteiger partial charge in [0.15, 0.2) is 0 Å². The summed E-state index contributed by atoms with van der Waals surface area (Å²) in [5.41, 5.74) is 0. The Morgan fingerprint density at radius 3 is 1.17 bits per heavy atom.